The second kappa shape index (κ2) is 5.76. The first-order valence-corrected chi connectivity index (χ1v) is 8.36. The Hall–Kier alpha value is -1.04. The van der Waals surface area contributed by atoms with Gasteiger partial charge < -0.3 is 0 Å². The molecule has 5 heteroatoms. The van der Waals surface area contributed by atoms with E-state index >= 15 is 0 Å². The van der Waals surface area contributed by atoms with E-state index < -0.39 is 0 Å². The van der Waals surface area contributed by atoms with Crippen molar-refractivity contribution in [3.8, 4) is 0 Å². The van der Waals surface area contributed by atoms with Crippen LogP contribution in [0, 0.1) is 0 Å². The van der Waals surface area contributed by atoms with E-state index in [2.05, 4.69) is 36.8 Å². The number of rotatable bonds is 3. The summed E-state index contributed by atoms with van der Waals surface area (Å²) in [5.41, 5.74) is 1.86. The molecule has 0 spiro atoms. The number of ketones is 1. The van der Waals surface area contributed by atoms with Gasteiger partial charge in [0.05, 0.1) is 14.2 Å². The molecule has 0 atom stereocenters. The fourth-order valence-corrected chi connectivity index (χ4v) is 4.67. The Morgan fingerprint density at radius 3 is 2.75 bits per heavy atom. The van der Waals surface area contributed by atoms with E-state index in [0.29, 0.717) is 6.42 Å². The SMILES string of the molecule is O=C(Cc1cccc2cccnc12)c1sc(Br)cc1Br. The molecule has 1 aromatic carbocycles. The smallest absolute Gasteiger partial charge is 0.178 e. The van der Waals surface area contributed by atoms with Crippen LogP contribution in [0.3, 0.4) is 0 Å². The summed E-state index contributed by atoms with van der Waals surface area (Å²) in [6, 6.07) is 11.7. The van der Waals surface area contributed by atoms with Gasteiger partial charge in [0, 0.05) is 22.5 Å². The summed E-state index contributed by atoms with van der Waals surface area (Å²) in [4.78, 5) is 17.6. The standard InChI is InChI=1S/C15H9Br2NOS/c16-11-8-13(17)20-15(11)12(19)7-10-4-1-3-9-5-2-6-18-14(9)10/h1-6,8H,7H2. The molecule has 2 aromatic heterocycles. The number of hydrogen-bond donors (Lipinski definition) is 0. The number of halogens is 2. The second-order valence-electron chi connectivity index (χ2n) is 4.32. The summed E-state index contributed by atoms with van der Waals surface area (Å²) in [5, 5.41) is 1.06. The van der Waals surface area contributed by atoms with Crippen LogP contribution in [0.1, 0.15) is 15.2 Å². The summed E-state index contributed by atoms with van der Waals surface area (Å²) >= 11 is 8.27. The minimum atomic E-state index is 0.103. The molecule has 0 fully saturated rings. The highest BCUT2D eigenvalue weighted by atomic mass is 79.9. The van der Waals surface area contributed by atoms with Crippen molar-refractivity contribution < 1.29 is 4.79 Å². The molecule has 0 unspecified atom stereocenters. The van der Waals surface area contributed by atoms with Crippen LogP contribution < -0.4 is 0 Å². The number of pyridine rings is 1. The lowest BCUT2D eigenvalue weighted by Gasteiger charge is -2.04. The summed E-state index contributed by atoms with van der Waals surface area (Å²) < 4.78 is 1.79. The maximum atomic E-state index is 12.4. The Morgan fingerprint density at radius 1 is 1.20 bits per heavy atom. The van der Waals surface area contributed by atoms with Crippen LogP contribution in [0.4, 0.5) is 0 Å². The molecular weight excluding hydrogens is 402 g/mol. The van der Waals surface area contributed by atoms with E-state index in [0.717, 1.165) is 29.6 Å². The van der Waals surface area contributed by atoms with Crippen LogP contribution in [-0.2, 0) is 6.42 Å². The molecule has 0 bridgehead atoms. The maximum absolute atomic E-state index is 12.4. The summed E-state index contributed by atoms with van der Waals surface area (Å²) in [7, 11) is 0. The number of fused-ring (bicyclic) bond motifs is 1. The first-order chi connectivity index (χ1) is 9.65. The quantitative estimate of drug-likeness (QED) is 0.552. The minimum Gasteiger partial charge on any atom is -0.293 e. The minimum absolute atomic E-state index is 0.103. The van der Waals surface area contributed by atoms with Crippen LogP contribution in [0.25, 0.3) is 10.9 Å². The number of nitrogens with zero attached hydrogens (tertiary/aromatic N) is 1. The lowest BCUT2D eigenvalue weighted by atomic mass is 10.0. The fraction of sp³-hybridized carbons (Fsp3) is 0.0667. The van der Waals surface area contributed by atoms with E-state index in [4.69, 9.17) is 0 Å². The molecule has 0 N–H and O–H groups in total. The van der Waals surface area contributed by atoms with E-state index in [1.165, 1.54) is 11.3 Å². The lowest BCUT2D eigenvalue weighted by molar-refractivity contribution is 0.0996. The van der Waals surface area contributed by atoms with Gasteiger partial charge in [0.2, 0.25) is 0 Å². The van der Waals surface area contributed by atoms with Crippen molar-refractivity contribution >= 4 is 59.9 Å². The van der Waals surface area contributed by atoms with Crippen LogP contribution in [0.5, 0.6) is 0 Å². The second-order valence-corrected chi connectivity index (χ2v) is 7.61. The molecule has 0 aliphatic rings. The van der Waals surface area contributed by atoms with Crippen molar-refractivity contribution in [1.82, 2.24) is 4.98 Å². The molecule has 3 aromatic rings. The molecule has 0 radical (unpaired) electrons. The maximum Gasteiger partial charge on any atom is 0.178 e. The molecule has 0 saturated carbocycles. The van der Waals surface area contributed by atoms with Gasteiger partial charge in [0.15, 0.2) is 5.78 Å². The van der Waals surface area contributed by atoms with Gasteiger partial charge in [0.1, 0.15) is 0 Å². The molecule has 0 aliphatic heterocycles. The molecule has 0 aliphatic carbocycles. The third-order valence-corrected chi connectivity index (χ3v) is 5.54. The molecule has 20 heavy (non-hydrogen) atoms. The van der Waals surface area contributed by atoms with Crippen LogP contribution >= 0.6 is 43.2 Å². The van der Waals surface area contributed by atoms with E-state index in [1.54, 1.807) is 6.20 Å². The zero-order chi connectivity index (χ0) is 14.1. The van der Waals surface area contributed by atoms with Gasteiger partial charge >= 0.3 is 0 Å². The number of hydrogen-bond acceptors (Lipinski definition) is 3. The average molecular weight is 411 g/mol. The highest BCUT2D eigenvalue weighted by molar-refractivity contribution is 9.11. The first kappa shape index (κ1) is 13.9. The Labute approximate surface area is 137 Å². The van der Waals surface area contributed by atoms with Crippen molar-refractivity contribution in [2.75, 3.05) is 0 Å². The lowest BCUT2D eigenvalue weighted by Crippen LogP contribution is -2.03. The third-order valence-electron chi connectivity index (χ3n) is 2.98. The number of para-hydroxylation sites is 1. The molecular formula is C15H9Br2NOS. The van der Waals surface area contributed by atoms with Crippen LogP contribution in [0.2, 0.25) is 0 Å². The normalized spacial score (nSPS) is 10.9. The van der Waals surface area contributed by atoms with Gasteiger partial charge in [-0.05, 0) is 49.6 Å². The Bertz CT molecular complexity index is 792. The fourth-order valence-electron chi connectivity index (χ4n) is 2.09. The topological polar surface area (TPSA) is 30.0 Å². The van der Waals surface area contributed by atoms with E-state index in [9.17, 15) is 4.79 Å². The molecule has 2 nitrogen and oxygen atoms in total. The molecule has 100 valence electrons. The number of carbonyl (C=O) groups is 1. The molecule has 2 heterocycles. The van der Waals surface area contributed by atoms with Crippen molar-refractivity contribution in [3.05, 3.63) is 61.3 Å². The third kappa shape index (κ3) is 2.71. The van der Waals surface area contributed by atoms with Crippen LogP contribution in [0.15, 0.2) is 50.9 Å². The number of benzene rings is 1. The molecule has 0 saturated heterocycles. The number of carbonyl (C=O) groups excluding carboxylic acids is 1. The number of aromatic nitrogens is 1. The zero-order valence-electron chi connectivity index (χ0n) is 10.3. The number of Topliss-reactive ketones (excluding diaryl/α,β-unsaturated/α-hetero) is 1. The first-order valence-electron chi connectivity index (χ1n) is 5.96. The van der Waals surface area contributed by atoms with Gasteiger partial charge in [-0.25, -0.2) is 0 Å². The van der Waals surface area contributed by atoms with Gasteiger partial charge in [-0.1, -0.05) is 24.3 Å². The van der Waals surface area contributed by atoms with E-state index in [-0.39, 0.29) is 5.78 Å². The van der Waals surface area contributed by atoms with E-state index in [1.807, 2.05) is 36.4 Å². The van der Waals surface area contributed by atoms with Crippen LogP contribution in [-0.4, -0.2) is 10.8 Å². The monoisotopic (exact) mass is 409 g/mol. The summed E-state index contributed by atoms with van der Waals surface area (Å²) in [6.07, 6.45) is 2.12. The van der Waals surface area contributed by atoms with Crippen molar-refractivity contribution in [2.45, 2.75) is 6.42 Å². The summed E-state index contributed by atoms with van der Waals surface area (Å²) in [6.45, 7) is 0. The highest BCUT2D eigenvalue weighted by Gasteiger charge is 2.15. The van der Waals surface area contributed by atoms with Gasteiger partial charge in [-0.15, -0.1) is 11.3 Å². The Kier molecular flexibility index (Phi) is 4.01. The molecule has 0 amide bonds. The predicted molar refractivity (Wildman–Crippen MR) is 89.5 cm³/mol. The largest absolute Gasteiger partial charge is 0.293 e. The van der Waals surface area contributed by atoms with Gasteiger partial charge in [-0.2, -0.15) is 0 Å². The molecule has 3 rings (SSSR count). The zero-order valence-corrected chi connectivity index (χ0v) is 14.3. The predicted octanol–water partition coefficient (Wildman–Crippen LogP) is 5.25. The van der Waals surface area contributed by atoms with Gasteiger partial charge in [0.25, 0.3) is 0 Å². The summed E-state index contributed by atoms with van der Waals surface area (Å²) in [5.74, 6) is 0.103. The van der Waals surface area contributed by atoms with Crippen molar-refractivity contribution in [3.63, 3.8) is 0 Å². The number of thiophene rings is 1. The Balaban J connectivity index is 1.97. The van der Waals surface area contributed by atoms with Crippen molar-refractivity contribution in [1.29, 1.82) is 0 Å². The van der Waals surface area contributed by atoms with Crippen molar-refractivity contribution in [2.24, 2.45) is 0 Å². The average Bonchev–Trinajstić information content (AvgIpc) is 2.78. The Morgan fingerprint density at radius 2 is 2.00 bits per heavy atom. The van der Waals surface area contributed by atoms with Gasteiger partial charge in [-0.3, -0.25) is 9.78 Å². The highest BCUT2D eigenvalue weighted by Crippen LogP contribution is 2.32.